The van der Waals surface area contributed by atoms with Crippen molar-refractivity contribution in [3.05, 3.63) is 59.9 Å². The van der Waals surface area contributed by atoms with Gasteiger partial charge >= 0.3 is 0 Å². The first-order valence-corrected chi connectivity index (χ1v) is 7.55. The highest BCUT2D eigenvalue weighted by Gasteiger charge is 2.14. The van der Waals surface area contributed by atoms with Crippen molar-refractivity contribution in [2.24, 2.45) is 5.92 Å². The Kier molecular flexibility index (Phi) is 5.90. The van der Waals surface area contributed by atoms with Crippen LogP contribution in [-0.2, 0) is 4.79 Å². The highest BCUT2D eigenvalue weighted by Crippen LogP contribution is 2.12. The van der Waals surface area contributed by atoms with Gasteiger partial charge in [0.15, 0.2) is 0 Å². The molecular formula is C19H20N2O2. The Labute approximate surface area is 136 Å². The lowest BCUT2D eigenvalue weighted by Crippen LogP contribution is -2.23. The van der Waals surface area contributed by atoms with Gasteiger partial charge in [0.1, 0.15) is 5.69 Å². The first-order chi connectivity index (χ1) is 11.0. The summed E-state index contributed by atoms with van der Waals surface area (Å²) in [6, 6.07) is 12.9. The fourth-order valence-electron chi connectivity index (χ4n) is 1.89. The van der Waals surface area contributed by atoms with Crippen LogP contribution in [0, 0.1) is 17.8 Å². The fourth-order valence-corrected chi connectivity index (χ4v) is 1.89. The van der Waals surface area contributed by atoms with Gasteiger partial charge in [-0.25, -0.2) is 4.98 Å². The number of aliphatic hydroxyl groups is 1. The Morgan fingerprint density at radius 1 is 1.22 bits per heavy atom. The fraction of sp³-hybridized carbons (Fsp3) is 0.263. The maximum Gasteiger partial charge on any atom is 0.226 e. The van der Waals surface area contributed by atoms with Gasteiger partial charge in [0.2, 0.25) is 5.91 Å². The molecule has 23 heavy (non-hydrogen) atoms. The molecule has 1 atom stereocenters. The zero-order valence-electron chi connectivity index (χ0n) is 13.3. The maximum absolute atomic E-state index is 11.9. The molecule has 0 aliphatic heterocycles. The topological polar surface area (TPSA) is 62.2 Å². The number of benzene rings is 1. The molecule has 0 bridgehead atoms. The van der Waals surface area contributed by atoms with Gasteiger partial charge in [-0.3, -0.25) is 4.79 Å². The van der Waals surface area contributed by atoms with Crippen molar-refractivity contribution in [3.8, 4) is 11.8 Å². The Morgan fingerprint density at radius 3 is 2.74 bits per heavy atom. The molecule has 0 radical (unpaired) electrons. The van der Waals surface area contributed by atoms with Crippen LogP contribution in [0.15, 0.2) is 48.7 Å². The lowest BCUT2D eigenvalue weighted by molar-refractivity contribution is -0.118. The van der Waals surface area contributed by atoms with E-state index in [-0.39, 0.29) is 18.2 Å². The molecule has 1 heterocycles. The largest absolute Gasteiger partial charge is 0.392 e. The monoisotopic (exact) mass is 308 g/mol. The smallest absolute Gasteiger partial charge is 0.226 e. The van der Waals surface area contributed by atoms with Crippen molar-refractivity contribution in [1.29, 1.82) is 0 Å². The molecule has 0 spiro atoms. The average Bonchev–Trinajstić information content (AvgIpc) is 2.54. The molecule has 118 valence electrons. The maximum atomic E-state index is 11.9. The highest BCUT2D eigenvalue weighted by atomic mass is 16.3. The van der Waals surface area contributed by atoms with E-state index in [4.69, 9.17) is 0 Å². The number of anilines is 1. The van der Waals surface area contributed by atoms with E-state index in [2.05, 4.69) is 22.1 Å². The van der Waals surface area contributed by atoms with E-state index >= 15 is 0 Å². The molecular weight excluding hydrogens is 288 g/mol. The lowest BCUT2D eigenvalue weighted by atomic mass is 10.0. The number of carbonyl (C=O) groups is 1. The van der Waals surface area contributed by atoms with Crippen LogP contribution in [0.4, 0.5) is 5.69 Å². The zero-order valence-corrected chi connectivity index (χ0v) is 13.3. The number of aromatic nitrogens is 1. The third-order valence-electron chi connectivity index (χ3n) is 3.31. The molecule has 0 saturated heterocycles. The van der Waals surface area contributed by atoms with Crippen LogP contribution in [0.5, 0.6) is 0 Å². The second kappa shape index (κ2) is 8.11. The van der Waals surface area contributed by atoms with Gasteiger partial charge in [0, 0.05) is 17.4 Å². The number of nitrogens with zero attached hydrogens (tertiary/aromatic N) is 1. The van der Waals surface area contributed by atoms with E-state index in [1.165, 1.54) is 0 Å². The molecule has 2 rings (SSSR count). The molecule has 1 aromatic carbocycles. The molecule has 4 nitrogen and oxygen atoms in total. The van der Waals surface area contributed by atoms with Gasteiger partial charge in [-0.2, -0.15) is 0 Å². The van der Waals surface area contributed by atoms with Crippen LogP contribution in [0.25, 0.3) is 0 Å². The summed E-state index contributed by atoms with van der Waals surface area (Å²) in [6.07, 6.45) is 1.14. The van der Waals surface area contributed by atoms with E-state index in [0.717, 1.165) is 5.56 Å². The number of aliphatic hydroxyl groups excluding tert-OH is 1. The minimum Gasteiger partial charge on any atom is -0.392 e. The van der Waals surface area contributed by atoms with Gasteiger partial charge in [0.05, 0.1) is 12.5 Å². The predicted octanol–water partition coefficient (Wildman–Crippen LogP) is 2.83. The average molecular weight is 308 g/mol. The van der Waals surface area contributed by atoms with Gasteiger partial charge in [-0.1, -0.05) is 31.9 Å². The van der Waals surface area contributed by atoms with E-state index in [1.54, 1.807) is 18.3 Å². The summed E-state index contributed by atoms with van der Waals surface area (Å²) in [7, 11) is 0. The van der Waals surface area contributed by atoms with Gasteiger partial charge in [-0.05, 0) is 42.2 Å². The summed E-state index contributed by atoms with van der Waals surface area (Å²) >= 11 is 0. The molecule has 1 unspecified atom stereocenters. The van der Waals surface area contributed by atoms with Crippen LogP contribution in [0.2, 0.25) is 0 Å². The summed E-state index contributed by atoms with van der Waals surface area (Å²) in [5, 5.41) is 12.5. The van der Waals surface area contributed by atoms with Crippen LogP contribution in [0.3, 0.4) is 0 Å². The number of rotatable bonds is 4. The van der Waals surface area contributed by atoms with Gasteiger partial charge in [-0.15, -0.1) is 0 Å². The number of hydrogen-bond donors (Lipinski definition) is 2. The van der Waals surface area contributed by atoms with Gasteiger partial charge < -0.3 is 10.4 Å². The van der Waals surface area contributed by atoms with Crippen molar-refractivity contribution in [2.75, 3.05) is 5.32 Å². The summed E-state index contributed by atoms with van der Waals surface area (Å²) < 4.78 is 0. The van der Waals surface area contributed by atoms with Crippen molar-refractivity contribution in [3.63, 3.8) is 0 Å². The highest BCUT2D eigenvalue weighted by molar-refractivity contribution is 5.91. The molecule has 2 aromatic rings. The van der Waals surface area contributed by atoms with Gasteiger partial charge in [0.25, 0.3) is 0 Å². The molecule has 0 saturated carbocycles. The Balaban J connectivity index is 2.03. The number of amides is 1. The normalized spacial score (nSPS) is 11.5. The third kappa shape index (κ3) is 5.57. The molecule has 1 aromatic heterocycles. The number of nitrogens with one attached hydrogen (secondary N) is 1. The van der Waals surface area contributed by atoms with E-state index in [1.807, 2.05) is 44.2 Å². The second-order valence-electron chi connectivity index (χ2n) is 5.61. The number of pyridine rings is 1. The summed E-state index contributed by atoms with van der Waals surface area (Å²) in [5.74, 6) is 5.84. The SMILES string of the molecule is CC(C)C(O)CC(=O)Nc1cccc(C#Cc2ccccn2)c1. The summed E-state index contributed by atoms with van der Waals surface area (Å²) in [4.78, 5) is 16.0. The van der Waals surface area contributed by atoms with E-state index in [0.29, 0.717) is 11.4 Å². The minimum atomic E-state index is -0.637. The standard InChI is InChI=1S/C19H20N2O2/c1-14(2)18(22)13-19(23)21-17-8-5-6-15(12-17)9-10-16-7-3-4-11-20-16/h3-8,11-12,14,18,22H,13H2,1-2H3,(H,21,23). The first kappa shape index (κ1) is 16.7. The van der Waals surface area contributed by atoms with E-state index < -0.39 is 6.10 Å². The molecule has 0 aliphatic rings. The van der Waals surface area contributed by atoms with Crippen molar-refractivity contribution in [2.45, 2.75) is 26.4 Å². The summed E-state index contributed by atoms with van der Waals surface area (Å²) in [6.45, 7) is 3.76. The third-order valence-corrected chi connectivity index (χ3v) is 3.31. The van der Waals surface area contributed by atoms with Crippen LogP contribution in [-0.4, -0.2) is 22.1 Å². The van der Waals surface area contributed by atoms with Crippen LogP contribution in [0.1, 0.15) is 31.5 Å². The number of hydrogen-bond acceptors (Lipinski definition) is 3. The summed E-state index contributed by atoms with van der Waals surface area (Å²) in [5.41, 5.74) is 2.15. The Bertz CT molecular complexity index is 715. The molecule has 2 N–H and O–H groups in total. The Morgan fingerprint density at radius 2 is 2.04 bits per heavy atom. The van der Waals surface area contributed by atoms with Crippen LogP contribution >= 0.6 is 0 Å². The molecule has 0 fully saturated rings. The lowest BCUT2D eigenvalue weighted by Gasteiger charge is -2.14. The molecule has 0 aliphatic carbocycles. The first-order valence-electron chi connectivity index (χ1n) is 7.55. The van der Waals surface area contributed by atoms with Crippen molar-refractivity contribution in [1.82, 2.24) is 4.98 Å². The zero-order chi connectivity index (χ0) is 16.7. The molecule has 1 amide bonds. The number of carbonyl (C=O) groups excluding carboxylic acids is 1. The Hall–Kier alpha value is -2.64. The minimum absolute atomic E-state index is 0.0522. The second-order valence-corrected chi connectivity index (χ2v) is 5.61. The van der Waals surface area contributed by atoms with Crippen molar-refractivity contribution < 1.29 is 9.90 Å². The van der Waals surface area contributed by atoms with Crippen LogP contribution < -0.4 is 5.32 Å². The molecule has 4 heteroatoms. The van der Waals surface area contributed by atoms with Crippen molar-refractivity contribution >= 4 is 11.6 Å². The predicted molar refractivity (Wildman–Crippen MR) is 90.8 cm³/mol. The van der Waals surface area contributed by atoms with E-state index in [9.17, 15) is 9.90 Å². The quantitative estimate of drug-likeness (QED) is 0.854.